The summed E-state index contributed by atoms with van der Waals surface area (Å²) in [5.41, 5.74) is 1.75. The summed E-state index contributed by atoms with van der Waals surface area (Å²) in [5.74, 6) is -1.01. The Labute approximate surface area is 152 Å². The van der Waals surface area contributed by atoms with Crippen molar-refractivity contribution in [2.75, 3.05) is 18.5 Å². The lowest BCUT2D eigenvalue weighted by Gasteiger charge is -2.10. The molecule has 138 valence electrons. The standard InChI is InChI=1S/C18H20N2O5S/c1-3-25-18(22)14-8-10-15(11-9-14)26(23,24)19-12-17(21)20-16-7-5-4-6-13(16)2/h4-11,19H,3,12H2,1-2H3,(H,20,21). The van der Waals surface area contributed by atoms with E-state index >= 15 is 0 Å². The van der Waals surface area contributed by atoms with Crippen molar-refractivity contribution in [2.24, 2.45) is 0 Å². The number of carbonyl (C=O) groups excluding carboxylic acids is 2. The third kappa shape index (κ3) is 5.14. The Bertz CT molecular complexity index is 892. The van der Waals surface area contributed by atoms with Gasteiger partial charge in [-0.25, -0.2) is 17.9 Å². The smallest absolute Gasteiger partial charge is 0.338 e. The number of esters is 1. The minimum atomic E-state index is -3.88. The van der Waals surface area contributed by atoms with Crippen molar-refractivity contribution in [3.05, 3.63) is 59.7 Å². The van der Waals surface area contributed by atoms with Crippen molar-refractivity contribution in [2.45, 2.75) is 18.7 Å². The summed E-state index contributed by atoms with van der Waals surface area (Å²) < 4.78 is 31.6. The van der Waals surface area contributed by atoms with Crippen molar-refractivity contribution in [3.63, 3.8) is 0 Å². The van der Waals surface area contributed by atoms with E-state index in [2.05, 4.69) is 10.0 Å². The highest BCUT2D eigenvalue weighted by atomic mass is 32.2. The van der Waals surface area contributed by atoms with Crippen molar-refractivity contribution < 1.29 is 22.7 Å². The SMILES string of the molecule is CCOC(=O)c1ccc(S(=O)(=O)NCC(=O)Nc2ccccc2C)cc1. The van der Waals surface area contributed by atoms with Gasteiger partial charge in [0.05, 0.1) is 23.6 Å². The Morgan fingerprint density at radius 2 is 1.69 bits per heavy atom. The zero-order chi connectivity index (χ0) is 19.2. The molecule has 0 aliphatic heterocycles. The first-order valence-electron chi connectivity index (χ1n) is 7.96. The average molecular weight is 376 g/mol. The van der Waals surface area contributed by atoms with Gasteiger partial charge in [0.2, 0.25) is 15.9 Å². The Morgan fingerprint density at radius 3 is 2.31 bits per heavy atom. The number of rotatable bonds is 7. The first kappa shape index (κ1) is 19.6. The summed E-state index contributed by atoms with van der Waals surface area (Å²) in [6.07, 6.45) is 0. The fourth-order valence-corrected chi connectivity index (χ4v) is 3.12. The highest BCUT2D eigenvalue weighted by Gasteiger charge is 2.17. The van der Waals surface area contributed by atoms with E-state index in [1.165, 1.54) is 24.3 Å². The molecule has 26 heavy (non-hydrogen) atoms. The minimum Gasteiger partial charge on any atom is -0.462 e. The molecule has 0 spiro atoms. The van der Waals surface area contributed by atoms with Gasteiger partial charge in [-0.3, -0.25) is 4.79 Å². The molecule has 0 saturated carbocycles. The molecule has 2 aromatic carbocycles. The zero-order valence-corrected chi connectivity index (χ0v) is 15.3. The number of carbonyl (C=O) groups is 2. The number of amides is 1. The van der Waals surface area contributed by atoms with Crippen LogP contribution in [0.3, 0.4) is 0 Å². The molecule has 0 heterocycles. The van der Waals surface area contributed by atoms with Crippen LogP contribution in [0.5, 0.6) is 0 Å². The normalized spacial score (nSPS) is 11.0. The van der Waals surface area contributed by atoms with Gasteiger partial charge in [0.15, 0.2) is 0 Å². The number of hydrogen-bond acceptors (Lipinski definition) is 5. The maximum absolute atomic E-state index is 12.3. The van der Waals surface area contributed by atoms with Crippen LogP contribution in [0.2, 0.25) is 0 Å². The fourth-order valence-electron chi connectivity index (χ4n) is 2.14. The summed E-state index contributed by atoms with van der Waals surface area (Å²) in [6, 6.07) is 12.5. The van der Waals surface area contributed by atoms with Gasteiger partial charge >= 0.3 is 5.97 Å². The molecular weight excluding hydrogens is 356 g/mol. The van der Waals surface area contributed by atoms with E-state index in [0.717, 1.165) is 5.56 Å². The van der Waals surface area contributed by atoms with Gasteiger partial charge in [0.1, 0.15) is 0 Å². The maximum Gasteiger partial charge on any atom is 0.338 e. The van der Waals surface area contributed by atoms with Crippen LogP contribution in [0.4, 0.5) is 5.69 Å². The maximum atomic E-state index is 12.3. The molecule has 0 aliphatic carbocycles. The molecule has 0 radical (unpaired) electrons. The molecule has 0 aromatic heterocycles. The lowest BCUT2D eigenvalue weighted by Crippen LogP contribution is -2.33. The zero-order valence-electron chi connectivity index (χ0n) is 14.5. The lowest BCUT2D eigenvalue weighted by atomic mass is 10.2. The van der Waals surface area contributed by atoms with Crippen molar-refractivity contribution in [3.8, 4) is 0 Å². The molecule has 8 heteroatoms. The van der Waals surface area contributed by atoms with Crippen LogP contribution in [-0.2, 0) is 19.6 Å². The van der Waals surface area contributed by atoms with E-state index < -0.39 is 28.4 Å². The van der Waals surface area contributed by atoms with Crippen LogP contribution in [0.1, 0.15) is 22.8 Å². The highest BCUT2D eigenvalue weighted by Crippen LogP contribution is 2.13. The third-order valence-electron chi connectivity index (χ3n) is 3.52. The van der Waals surface area contributed by atoms with Gasteiger partial charge in [-0.1, -0.05) is 18.2 Å². The summed E-state index contributed by atoms with van der Waals surface area (Å²) in [6.45, 7) is 3.35. The second-order valence-electron chi connectivity index (χ2n) is 5.43. The Kier molecular flexibility index (Phi) is 6.48. The van der Waals surface area contributed by atoms with Crippen LogP contribution in [0.15, 0.2) is 53.4 Å². The number of anilines is 1. The van der Waals surface area contributed by atoms with E-state index in [-0.39, 0.29) is 17.1 Å². The molecular formula is C18H20N2O5S. The van der Waals surface area contributed by atoms with Gasteiger partial charge in [-0.05, 0) is 49.7 Å². The van der Waals surface area contributed by atoms with E-state index in [1.807, 2.05) is 19.1 Å². The highest BCUT2D eigenvalue weighted by molar-refractivity contribution is 7.89. The van der Waals surface area contributed by atoms with Crippen LogP contribution < -0.4 is 10.0 Å². The van der Waals surface area contributed by atoms with Crippen molar-refractivity contribution in [1.29, 1.82) is 0 Å². The predicted molar refractivity (Wildman–Crippen MR) is 97.4 cm³/mol. The van der Waals surface area contributed by atoms with Crippen LogP contribution in [0.25, 0.3) is 0 Å². The first-order valence-corrected chi connectivity index (χ1v) is 9.44. The summed E-state index contributed by atoms with van der Waals surface area (Å²) >= 11 is 0. The van der Waals surface area contributed by atoms with Gasteiger partial charge in [-0.15, -0.1) is 0 Å². The van der Waals surface area contributed by atoms with Gasteiger partial charge in [0.25, 0.3) is 0 Å². The minimum absolute atomic E-state index is 0.0470. The van der Waals surface area contributed by atoms with E-state index in [1.54, 1.807) is 19.1 Å². The Hall–Kier alpha value is -2.71. The number of ether oxygens (including phenoxy) is 1. The molecule has 2 N–H and O–H groups in total. The van der Waals surface area contributed by atoms with Gasteiger partial charge in [-0.2, -0.15) is 0 Å². The van der Waals surface area contributed by atoms with E-state index in [4.69, 9.17) is 4.74 Å². The number of sulfonamides is 1. The molecule has 0 bridgehead atoms. The van der Waals surface area contributed by atoms with Crippen molar-refractivity contribution >= 4 is 27.6 Å². The first-order chi connectivity index (χ1) is 12.3. The summed E-state index contributed by atoms with van der Waals surface area (Å²) in [5, 5.41) is 2.65. The molecule has 0 saturated heterocycles. The average Bonchev–Trinajstić information content (AvgIpc) is 2.62. The molecule has 2 rings (SSSR count). The Morgan fingerprint density at radius 1 is 1.04 bits per heavy atom. The number of para-hydroxylation sites is 1. The van der Waals surface area contributed by atoms with Crippen molar-refractivity contribution in [1.82, 2.24) is 4.72 Å². The van der Waals surface area contributed by atoms with Crippen LogP contribution in [-0.4, -0.2) is 33.4 Å². The lowest BCUT2D eigenvalue weighted by molar-refractivity contribution is -0.115. The second kappa shape index (κ2) is 8.59. The molecule has 7 nitrogen and oxygen atoms in total. The third-order valence-corrected chi connectivity index (χ3v) is 4.93. The number of aryl methyl sites for hydroxylation is 1. The van der Waals surface area contributed by atoms with Gasteiger partial charge < -0.3 is 10.1 Å². The van der Waals surface area contributed by atoms with Gasteiger partial charge in [0, 0.05) is 5.69 Å². The molecule has 0 aliphatic rings. The Balaban J connectivity index is 1.99. The van der Waals surface area contributed by atoms with E-state index in [9.17, 15) is 18.0 Å². The topological polar surface area (TPSA) is 102 Å². The summed E-state index contributed by atoms with van der Waals surface area (Å²) in [7, 11) is -3.88. The van der Waals surface area contributed by atoms with E-state index in [0.29, 0.717) is 5.69 Å². The number of benzene rings is 2. The quantitative estimate of drug-likeness (QED) is 0.721. The monoisotopic (exact) mass is 376 g/mol. The number of hydrogen-bond donors (Lipinski definition) is 2. The molecule has 2 aromatic rings. The molecule has 1 amide bonds. The molecule has 0 atom stereocenters. The fraction of sp³-hybridized carbons (Fsp3) is 0.222. The molecule has 0 unspecified atom stereocenters. The van der Waals surface area contributed by atoms with Crippen LogP contribution >= 0.6 is 0 Å². The largest absolute Gasteiger partial charge is 0.462 e. The predicted octanol–water partition coefficient (Wildman–Crippen LogP) is 2.09. The summed E-state index contributed by atoms with van der Waals surface area (Å²) in [4.78, 5) is 23.5. The number of nitrogens with one attached hydrogen (secondary N) is 2. The van der Waals surface area contributed by atoms with Crippen LogP contribution in [0, 0.1) is 6.92 Å². The molecule has 0 fully saturated rings. The second-order valence-corrected chi connectivity index (χ2v) is 7.20.